The summed E-state index contributed by atoms with van der Waals surface area (Å²) < 4.78 is 25.7. The fourth-order valence-electron chi connectivity index (χ4n) is 3.91. The molecule has 0 saturated carbocycles. The van der Waals surface area contributed by atoms with Crippen molar-refractivity contribution in [2.24, 2.45) is 4.99 Å². The molecule has 4 rings (SSSR count). The minimum Gasteiger partial charge on any atom is -0.493 e. The van der Waals surface area contributed by atoms with Crippen molar-refractivity contribution < 1.29 is 32.8 Å². The number of para-hydroxylation sites is 1. The van der Waals surface area contributed by atoms with E-state index in [2.05, 4.69) is 10.3 Å². The first-order valence-electron chi connectivity index (χ1n) is 10.9. The van der Waals surface area contributed by atoms with Crippen molar-refractivity contribution in [3.63, 3.8) is 0 Å². The zero-order valence-corrected chi connectivity index (χ0v) is 19.2. The van der Waals surface area contributed by atoms with E-state index >= 15 is 0 Å². The average Bonchev–Trinajstić information content (AvgIpc) is 2.87. The molecular formula is C25H24FN4O5+. The number of urea groups is 1. The van der Waals surface area contributed by atoms with Gasteiger partial charge in [0, 0.05) is 12.6 Å². The van der Waals surface area contributed by atoms with E-state index < -0.39 is 36.2 Å². The van der Waals surface area contributed by atoms with Gasteiger partial charge in [0.1, 0.15) is 18.1 Å². The van der Waals surface area contributed by atoms with Crippen molar-refractivity contribution in [1.82, 2.24) is 4.90 Å². The summed E-state index contributed by atoms with van der Waals surface area (Å²) in [5.41, 5.74) is 1.13. The van der Waals surface area contributed by atoms with Crippen molar-refractivity contribution in [3.05, 3.63) is 66.0 Å². The van der Waals surface area contributed by atoms with Crippen LogP contribution in [0.15, 0.2) is 59.6 Å². The van der Waals surface area contributed by atoms with Gasteiger partial charge in [-0.3, -0.25) is 9.79 Å². The topological polar surface area (TPSA) is 100 Å². The number of benzene rings is 2. The second-order valence-corrected chi connectivity index (χ2v) is 7.81. The van der Waals surface area contributed by atoms with Gasteiger partial charge in [-0.2, -0.15) is 14.3 Å². The molecule has 0 bridgehead atoms. The Labute approximate surface area is 201 Å². The van der Waals surface area contributed by atoms with Crippen LogP contribution >= 0.6 is 0 Å². The molecule has 2 aliphatic heterocycles. The van der Waals surface area contributed by atoms with Gasteiger partial charge >= 0.3 is 11.9 Å². The Morgan fingerprint density at radius 2 is 1.91 bits per heavy atom. The van der Waals surface area contributed by atoms with E-state index in [1.165, 1.54) is 43.2 Å². The van der Waals surface area contributed by atoms with Gasteiger partial charge in [-0.25, -0.2) is 9.18 Å². The first-order chi connectivity index (χ1) is 16.9. The van der Waals surface area contributed by atoms with Crippen LogP contribution in [0.3, 0.4) is 0 Å². The summed E-state index contributed by atoms with van der Waals surface area (Å²) in [5.74, 6) is -0.574. The molecule has 2 aromatic carbocycles. The fraction of sp³-hybridized carbons (Fsp3) is 0.240. The number of halogens is 1. The molecule has 2 aliphatic rings. The van der Waals surface area contributed by atoms with Gasteiger partial charge in [0.25, 0.3) is 5.91 Å². The quantitative estimate of drug-likeness (QED) is 0.587. The third-order valence-corrected chi connectivity index (χ3v) is 5.66. The molecule has 0 aliphatic carbocycles. The molecule has 2 aromatic rings. The number of hydrogen-bond acceptors (Lipinski definition) is 6. The summed E-state index contributed by atoms with van der Waals surface area (Å²) in [6.07, 6.45) is 5.00. The number of fused-ring (bicyclic) bond motifs is 1. The molecular weight excluding hydrogens is 455 g/mol. The van der Waals surface area contributed by atoms with E-state index in [0.717, 1.165) is 10.5 Å². The molecule has 2 heterocycles. The van der Waals surface area contributed by atoms with E-state index in [4.69, 9.17) is 9.47 Å². The van der Waals surface area contributed by atoms with Gasteiger partial charge in [0.15, 0.2) is 18.0 Å². The lowest BCUT2D eigenvalue weighted by Gasteiger charge is -2.26. The summed E-state index contributed by atoms with van der Waals surface area (Å²) in [6.45, 7) is -0.333. The van der Waals surface area contributed by atoms with E-state index in [1.54, 1.807) is 30.4 Å². The number of rotatable bonds is 8. The maximum absolute atomic E-state index is 14.0. The molecule has 1 unspecified atom stereocenters. The highest BCUT2D eigenvalue weighted by molar-refractivity contribution is 6.20. The number of carbonyl (C=O) groups excluding carboxylic acids is 3. The first-order valence-corrected chi connectivity index (χ1v) is 10.9. The van der Waals surface area contributed by atoms with Gasteiger partial charge in [-0.05, 0) is 42.0 Å². The Kier molecular flexibility index (Phi) is 7.00. The Morgan fingerprint density at radius 3 is 2.66 bits per heavy atom. The van der Waals surface area contributed by atoms with Gasteiger partial charge < -0.3 is 14.8 Å². The predicted molar refractivity (Wildman–Crippen MR) is 127 cm³/mol. The predicted octanol–water partition coefficient (Wildman–Crippen LogP) is 2.45. The molecule has 1 atom stereocenters. The van der Waals surface area contributed by atoms with Crippen LogP contribution in [-0.2, 0) is 16.0 Å². The molecule has 9 nitrogen and oxygen atoms in total. The number of methoxy groups -OCH3 is 2. The number of allylic oxidation sites excluding steroid dienone is 1. The highest BCUT2D eigenvalue weighted by Crippen LogP contribution is 2.28. The normalized spacial score (nSPS) is 16.9. The molecule has 0 radical (unpaired) electrons. The number of nitrogens with one attached hydrogen (secondary N) is 1. The number of nitrogens with zero attached hydrogens (tertiary/aromatic N) is 3. The zero-order chi connectivity index (χ0) is 24.9. The molecule has 0 spiro atoms. The third kappa shape index (κ3) is 4.96. The highest BCUT2D eigenvalue weighted by atomic mass is 19.1. The Morgan fingerprint density at radius 1 is 1.14 bits per heavy atom. The van der Waals surface area contributed by atoms with Crippen LogP contribution < -0.4 is 14.8 Å². The van der Waals surface area contributed by atoms with Crippen LogP contribution in [0.5, 0.6) is 11.5 Å². The number of imide groups is 1. The second kappa shape index (κ2) is 10.3. The molecule has 180 valence electrons. The molecule has 0 saturated heterocycles. The van der Waals surface area contributed by atoms with E-state index in [-0.39, 0.29) is 12.2 Å². The number of anilines is 1. The fourth-order valence-corrected chi connectivity index (χ4v) is 3.91. The van der Waals surface area contributed by atoms with Gasteiger partial charge in [-0.1, -0.05) is 18.2 Å². The van der Waals surface area contributed by atoms with E-state index in [0.29, 0.717) is 23.6 Å². The Hall–Kier alpha value is -4.34. The number of dihydropyridines is 1. The van der Waals surface area contributed by atoms with E-state index in [1.807, 2.05) is 6.07 Å². The molecule has 1 N–H and O–H groups in total. The number of ether oxygens (including phenoxy) is 2. The van der Waals surface area contributed by atoms with Crippen molar-refractivity contribution in [1.29, 1.82) is 0 Å². The third-order valence-electron chi connectivity index (χ3n) is 5.66. The van der Waals surface area contributed by atoms with Crippen LogP contribution in [0.25, 0.3) is 0 Å². The van der Waals surface area contributed by atoms with Gasteiger partial charge in [0.05, 0.1) is 19.9 Å². The minimum atomic E-state index is -0.940. The maximum atomic E-state index is 14.0. The summed E-state index contributed by atoms with van der Waals surface area (Å²) in [7, 11) is 3.06. The monoisotopic (exact) mass is 479 g/mol. The van der Waals surface area contributed by atoms with Crippen molar-refractivity contribution in [2.45, 2.75) is 12.5 Å². The van der Waals surface area contributed by atoms with Crippen LogP contribution in [0.1, 0.15) is 5.56 Å². The Bertz CT molecular complexity index is 1270. The van der Waals surface area contributed by atoms with Crippen LogP contribution in [0, 0.1) is 5.82 Å². The largest absolute Gasteiger partial charge is 0.501 e. The standard InChI is InChI=1S/C25H23FN4O5/c1-34-20-10-9-16(14-21(20)35-2)11-13-29-24(32)23-19(8-5-12-27-23)30(25(29)33)15-22(31)28-18-7-4-3-6-17(18)26/h3-10,12,14,23H,11,13,15H2,1-2H3/p+1. The average molecular weight is 479 g/mol. The van der Waals surface area contributed by atoms with Gasteiger partial charge in [-0.15, -0.1) is 0 Å². The summed E-state index contributed by atoms with van der Waals surface area (Å²) in [5, 5.41) is 2.47. The molecule has 0 aromatic heterocycles. The molecule has 35 heavy (non-hydrogen) atoms. The zero-order valence-electron chi connectivity index (χ0n) is 19.2. The minimum absolute atomic E-state index is 0.00195. The Balaban J connectivity index is 1.55. The van der Waals surface area contributed by atoms with Crippen molar-refractivity contribution in [3.8, 4) is 11.5 Å². The second-order valence-electron chi connectivity index (χ2n) is 7.81. The van der Waals surface area contributed by atoms with Gasteiger partial charge in [0.2, 0.25) is 6.04 Å². The number of amides is 4. The van der Waals surface area contributed by atoms with Crippen LogP contribution in [0.4, 0.5) is 14.9 Å². The maximum Gasteiger partial charge on any atom is 0.501 e. The highest BCUT2D eigenvalue weighted by Gasteiger charge is 2.48. The summed E-state index contributed by atoms with van der Waals surface area (Å²) in [6, 6.07) is 9.49. The summed E-state index contributed by atoms with van der Waals surface area (Å²) in [4.78, 5) is 44.4. The SMILES string of the molecule is COc1ccc(CCN2C(=O)C3N=CC=CC3=[N+](CC(=O)Nc3ccccc3F)C2=O)cc1OC. The lowest BCUT2D eigenvalue weighted by atomic mass is 10.0. The number of carbonyl (C=O) groups is 3. The van der Waals surface area contributed by atoms with Crippen molar-refractivity contribution in [2.75, 3.05) is 32.6 Å². The molecule has 4 amide bonds. The lowest BCUT2D eigenvalue weighted by Crippen LogP contribution is -2.58. The number of hydrogen-bond donors (Lipinski definition) is 1. The van der Waals surface area contributed by atoms with E-state index in [9.17, 15) is 18.8 Å². The van der Waals surface area contributed by atoms with Crippen LogP contribution in [-0.4, -0.2) is 72.6 Å². The smallest absolute Gasteiger partial charge is 0.493 e. The van der Waals surface area contributed by atoms with Crippen molar-refractivity contribution >= 4 is 35.5 Å². The summed E-state index contributed by atoms with van der Waals surface area (Å²) >= 11 is 0. The molecule has 10 heteroatoms. The lowest BCUT2D eigenvalue weighted by molar-refractivity contribution is -0.426. The first kappa shape index (κ1) is 23.8. The molecule has 0 fully saturated rings. The van der Waals surface area contributed by atoms with Crippen LogP contribution in [0.2, 0.25) is 0 Å². The number of aliphatic imine (C=N–C) groups is 1.